The molecular weight excluding hydrogens is 308 g/mol. The lowest BCUT2D eigenvalue weighted by molar-refractivity contribution is 0.142. The molecule has 2 rings (SSSR count). The number of nitrogens with zero attached hydrogens (tertiary/aromatic N) is 1. The molecule has 2 aromatic rings. The van der Waals surface area contributed by atoms with Gasteiger partial charge in [-0.3, -0.25) is 0 Å². The lowest BCUT2D eigenvalue weighted by Crippen LogP contribution is -2.42. The van der Waals surface area contributed by atoms with Gasteiger partial charge < -0.3 is 15.3 Å². The van der Waals surface area contributed by atoms with E-state index in [0.717, 1.165) is 6.42 Å². The van der Waals surface area contributed by atoms with Crippen LogP contribution < -0.4 is 5.32 Å². The third kappa shape index (κ3) is 5.08. The minimum absolute atomic E-state index is 0.0682. The summed E-state index contributed by atoms with van der Waals surface area (Å²) in [6, 6.07) is 12.0. The maximum atomic E-state index is 12.4. The fourth-order valence-corrected chi connectivity index (χ4v) is 3.52. The molecule has 23 heavy (non-hydrogen) atoms. The van der Waals surface area contributed by atoms with Crippen molar-refractivity contribution in [3.8, 4) is 0 Å². The van der Waals surface area contributed by atoms with E-state index in [-0.39, 0.29) is 12.1 Å². The van der Waals surface area contributed by atoms with E-state index in [1.165, 1.54) is 20.9 Å². The first-order valence-corrected chi connectivity index (χ1v) is 8.63. The minimum atomic E-state index is -0.540. The smallest absolute Gasteiger partial charge is 0.317 e. The number of hydrogen-bond acceptors (Lipinski definition) is 3. The summed E-state index contributed by atoms with van der Waals surface area (Å²) < 4.78 is 0. The highest BCUT2D eigenvalue weighted by molar-refractivity contribution is 7.10. The number of aryl methyl sites for hydroxylation is 1. The molecule has 0 saturated carbocycles. The Bertz CT molecular complexity index is 625. The topological polar surface area (TPSA) is 52.6 Å². The zero-order valence-electron chi connectivity index (χ0n) is 13.8. The third-order valence-electron chi connectivity index (χ3n) is 3.68. The van der Waals surface area contributed by atoms with Crippen molar-refractivity contribution in [3.05, 3.63) is 57.8 Å². The van der Waals surface area contributed by atoms with Crippen LogP contribution in [0.15, 0.2) is 41.8 Å². The van der Waals surface area contributed by atoms with Crippen molar-refractivity contribution in [2.24, 2.45) is 0 Å². The number of carbonyl (C=O) groups excluding carboxylic acids is 1. The maximum absolute atomic E-state index is 12.4. The van der Waals surface area contributed by atoms with Gasteiger partial charge in [-0.25, -0.2) is 4.79 Å². The van der Waals surface area contributed by atoms with Crippen molar-refractivity contribution in [1.29, 1.82) is 0 Å². The number of hydrogen-bond donors (Lipinski definition) is 2. The van der Waals surface area contributed by atoms with E-state index >= 15 is 0 Å². The van der Waals surface area contributed by atoms with Gasteiger partial charge in [-0.2, -0.15) is 0 Å². The summed E-state index contributed by atoms with van der Waals surface area (Å²) in [6.45, 7) is 4.05. The molecule has 0 fully saturated rings. The van der Waals surface area contributed by atoms with Crippen molar-refractivity contribution >= 4 is 17.4 Å². The van der Waals surface area contributed by atoms with Crippen LogP contribution in [0.3, 0.4) is 0 Å². The summed E-state index contributed by atoms with van der Waals surface area (Å²) in [6.07, 6.45) is 0.206. The molecule has 1 aromatic heterocycles. The van der Waals surface area contributed by atoms with Gasteiger partial charge in [-0.05, 0) is 42.8 Å². The van der Waals surface area contributed by atoms with Gasteiger partial charge in [0.2, 0.25) is 0 Å². The Labute approximate surface area is 141 Å². The van der Waals surface area contributed by atoms with Crippen LogP contribution in [0.25, 0.3) is 0 Å². The monoisotopic (exact) mass is 332 g/mol. The van der Waals surface area contributed by atoms with Crippen LogP contribution in [0.1, 0.15) is 29.0 Å². The van der Waals surface area contributed by atoms with Crippen molar-refractivity contribution in [2.45, 2.75) is 32.4 Å². The highest BCUT2D eigenvalue weighted by Crippen LogP contribution is 2.27. The van der Waals surface area contributed by atoms with Crippen LogP contribution >= 0.6 is 11.3 Å². The van der Waals surface area contributed by atoms with Crippen LogP contribution in [0.2, 0.25) is 0 Å². The molecule has 0 saturated heterocycles. The lowest BCUT2D eigenvalue weighted by atomic mass is 10.0. The fraction of sp³-hybridized carbons (Fsp3) is 0.389. The molecule has 2 unspecified atom stereocenters. The van der Waals surface area contributed by atoms with E-state index in [9.17, 15) is 9.90 Å². The van der Waals surface area contributed by atoms with Crippen molar-refractivity contribution in [1.82, 2.24) is 10.2 Å². The number of likely N-dealkylation sites (N-methyl/N-ethyl adjacent to an activating group) is 1. The quantitative estimate of drug-likeness (QED) is 0.852. The number of thiophene rings is 1. The summed E-state index contributed by atoms with van der Waals surface area (Å²) >= 11 is 1.66. The molecule has 0 spiro atoms. The van der Waals surface area contributed by atoms with E-state index in [1.54, 1.807) is 25.3 Å². The van der Waals surface area contributed by atoms with E-state index in [4.69, 9.17) is 0 Å². The van der Waals surface area contributed by atoms with Gasteiger partial charge in [-0.15, -0.1) is 11.3 Å². The maximum Gasteiger partial charge on any atom is 0.317 e. The van der Waals surface area contributed by atoms with E-state index in [2.05, 4.69) is 30.4 Å². The number of carbonyl (C=O) groups is 1. The summed E-state index contributed by atoms with van der Waals surface area (Å²) in [5, 5.41) is 14.6. The number of urea groups is 1. The zero-order valence-corrected chi connectivity index (χ0v) is 14.6. The molecule has 0 aliphatic heterocycles. The molecule has 1 aromatic carbocycles. The van der Waals surface area contributed by atoms with Crippen molar-refractivity contribution < 1.29 is 9.90 Å². The van der Waals surface area contributed by atoms with Crippen LogP contribution in [-0.2, 0) is 6.42 Å². The molecule has 1 heterocycles. The minimum Gasteiger partial charge on any atom is -0.392 e. The Morgan fingerprint density at radius 3 is 2.57 bits per heavy atom. The van der Waals surface area contributed by atoms with Crippen molar-refractivity contribution in [2.75, 3.05) is 13.6 Å². The molecule has 0 aliphatic rings. The molecular formula is C18H24N2O2S. The highest BCUT2D eigenvalue weighted by atomic mass is 32.1. The van der Waals surface area contributed by atoms with Gasteiger partial charge in [0.05, 0.1) is 12.1 Å². The van der Waals surface area contributed by atoms with E-state index in [1.807, 2.05) is 23.6 Å². The van der Waals surface area contributed by atoms with Gasteiger partial charge in [-0.1, -0.05) is 30.3 Å². The average Bonchev–Trinajstić information content (AvgIpc) is 2.93. The Hall–Kier alpha value is -1.85. The van der Waals surface area contributed by atoms with Crippen LogP contribution in [0.4, 0.5) is 4.79 Å². The number of benzene rings is 1. The van der Waals surface area contributed by atoms with E-state index < -0.39 is 6.10 Å². The normalized spacial score (nSPS) is 13.4. The number of aliphatic hydroxyl groups is 1. The molecule has 0 aliphatic carbocycles. The number of nitrogens with one attached hydrogen (secondary N) is 1. The Kier molecular flexibility index (Phi) is 6.19. The molecule has 2 atom stereocenters. The number of rotatable bonds is 6. The first kappa shape index (κ1) is 17.5. The summed E-state index contributed by atoms with van der Waals surface area (Å²) in [5.74, 6) is 0. The van der Waals surface area contributed by atoms with Gasteiger partial charge in [0.15, 0.2) is 0 Å². The van der Waals surface area contributed by atoms with Gasteiger partial charge in [0.25, 0.3) is 0 Å². The Morgan fingerprint density at radius 1 is 1.30 bits per heavy atom. The molecule has 4 nitrogen and oxygen atoms in total. The van der Waals surface area contributed by atoms with Gasteiger partial charge in [0, 0.05) is 18.5 Å². The zero-order chi connectivity index (χ0) is 16.8. The Morgan fingerprint density at radius 2 is 2.00 bits per heavy atom. The van der Waals surface area contributed by atoms with Crippen molar-refractivity contribution in [3.63, 3.8) is 0 Å². The summed E-state index contributed by atoms with van der Waals surface area (Å²) in [4.78, 5) is 15.1. The average molecular weight is 332 g/mol. The van der Waals surface area contributed by atoms with Crippen LogP contribution in [-0.4, -0.2) is 35.7 Å². The molecule has 2 N–H and O–H groups in total. The predicted octanol–water partition coefficient (Wildman–Crippen LogP) is 3.36. The largest absolute Gasteiger partial charge is 0.392 e. The van der Waals surface area contributed by atoms with Gasteiger partial charge in [0.1, 0.15) is 0 Å². The number of aliphatic hydroxyl groups excluding tert-OH is 1. The summed E-state index contributed by atoms with van der Waals surface area (Å²) in [5.41, 5.74) is 2.37. The molecule has 0 radical (unpaired) electrons. The van der Waals surface area contributed by atoms with Crippen LogP contribution in [0.5, 0.6) is 0 Å². The first-order valence-electron chi connectivity index (χ1n) is 7.75. The third-order valence-corrected chi connectivity index (χ3v) is 4.82. The second-order valence-corrected chi connectivity index (χ2v) is 6.84. The number of amides is 2. The summed E-state index contributed by atoms with van der Waals surface area (Å²) in [7, 11) is 1.70. The SMILES string of the molecule is Cc1ccsc1C(Cc1ccccc1)NC(=O)N(C)CC(C)O. The second-order valence-electron chi connectivity index (χ2n) is 5.89. The standard InChI is InChI=1S/C18H24N2O2S/c1-13-9-10-23-17(13)16(11-15-7-5-4-6-8-15)19-18(22)20(3)12-14(2)21/h4-10,14,16,21H,11-12H2,1-3H3,(H,19,22). The van der Waals surface area contributed by atoms with Crippen LogP contribution in [0, 0.1) is 6.92 Å². The second kappa shape index (κ2) is 8.13. The lowest BCUT2D eigenvalue weighted by Gasteiger charge is -2.24. The Balaban J connectivity index is 2.14. The highest BCUT2D eigenvalue weighted by Gasteiger charge is 2.20. The fourth-order valence-electron chi connectivity index (χ4n) is 2.54. The molecule has 5 heteroatoms. The molecule has 2 amide bonds. The van der Waals surface area contributed by atoms with E-state index in [0.29, 0.717) is 6.54 Å². The van der Waals surface area contributed by atoms with Gasteiger partial charge >= 0.3 is 6.03 Å². The first-order chi connectivity index (χ1) is 11.0. The molecule has 0 bridgehead atoms. The molecule has 124 valence electrons. The predicted molar refractivity (Wildman–Crippen MR) is 94.8 cm³/mol.